The summed E-state index contributed by atoms with van der Waals surface area (Å²) >= 11 is 0. The molecular weight excluding hydrogens is 247 g/mol. The average Bonchev–Trinajstić information content (AvgIpc) is 2.39. The van der Waals surface area contributed by atoms with E-state index in [0.29, 0.717) is 5.56 Å². The molecule has 0 unspecified atom stereocenters. The molecular formula is C14H19FN2O2. The van der Waals surface area contributed by atoms with E-state index in [0.717, 1.165) is 25.9 Å². The predicted octanol–water partition coefficient (Wildman–Crippen LogP) is 1.71. The van der Waals surface area contributed by atoms with Crippen LogP contribution in [0.3, 0.4) is 0 Å². The number of piperidine rings is 1. The number of carbonyl (C=O) groups is 1. The van der Waals surface area contributed by atoms with Crippen molar-refractivity contribution in [2.45, 2.75) is 25.3 Å². The van der Waals surface area contributed by atoms with Gasteiger partial charge in [0.15, 0.2) is 11.6 Å². The van der Waals surface area contributed by atoms with Crippen molar-refractivity contribution in [1.29, 1.82) is 0 Å². The maximum Gasteiger partial charge on any atom is 0.251 e. The molecule has 0 aliphatic carbocycles. The SMILES string of the molecule is COc1cc(C(=O)NC2(C)CCNCC2)ccc1F. The van der Waals surface area contributed by atoms with Crippen molar-refractivity contribution >= 4 is 5.91 Å². The van der Waals surface area contributed by atoms with Crippen molar-refractivity contribution in [3.8, 4) is 5.75 Å². The smallest absolute Gasteiger partial charge is 0.251 e. The van der Waals surface area contributed by atoms with E-state index in [1.54, 1.807) is 0 Å². The minimum atomic E-state index is -0.466. The first-order valence-corrected chi connectivity index (χ1v) is 6.41. The quantitative estimate of drug-likeness (QED) is 0.875. The highest BCUT2D eigenvalue weighted by Crippen LogP contribution is 2.21. The normalized spacial score (nSPS) is 17.8. The Balaban J connectivity index is 2.11. The molecule has 0 atom stereocenters. The van der Waals surface area contributed by atoms with Gasteiger partial charge in [0.25, 0.3) is 5.91 Å². The Labute approximate surface area is 112 Å². The van der Waals surface area contributed by atoms with Gasteiger partial charge in [-0.1, -0.05) is 0 Å². The van der Waals surface area contributed by atoms with E-state index in [9.17, 15) is 9.18 Å². The third-order valence-electron chi connectivity index (χ3n) is 3.54. The van der Waals surface area contributed by atoms with Crippen LogP contribution in [-0.4, -0.2) is 31.6 Å². The summed E-state index contributed by atoms with van der Waals surface area (Å²) in [5.74, 6) is -0.571. The first kappa shape index (κ1) is 13.8. The van der Waals surface area contributed by atoms with Gasteiger partial charge in [0, 0.05) is 11.1 Å². The summed E-state index contributed by atoms with van der Waals surface area (Å²) in [4.78, 5) is 12.2. The van der Waals surface area contributed by atoms with Gasteiger partial charge in [-0.2, -0.15) is 0 Å². The van der Waals surface area contributed by atoms with Crippen molar-refractivity contribution in [3.63, 3.8) is 0 Å². The second-order valence-corrected chi connectivity index (χ2v) is 5.11. The van der Waals surface area contributed by atoms with Crippen LogP contribution in [0, 0.1) is 5.82 Å². The minimum Gasteiger partial charge on any atom is -0.494 e. The van der Waals surface area contributed by atoms with E-state index >= 15 is 0 Å². The van der Waals surface area contributed by atoms with Crippen molar-refractivity contribution in [3.05, 3.63) is 29.6 Å². The van der Waals surface area contributed by atoms with Gasteiger partial charge in [-0.15, -0.1) is 0 Å². The predicted molar refractivity (Wildman–Crippen MR) is 70.9 cm³/mol. The Morgan fingerprint density at radius 2 is 2.11 bits per heavy atom. The highest BCUT2D eigenvalue weighted by atomic mass is 19.1. The van der Waals surface area contributed by atoms with Crippen LogP contribution < -0.4 is 15.4 Å². The first-order valence-electron chi connectivity index (χ1n) is 6.41. The monoisotopic (exact) mass is 266 g/mol. The van der Waals surface area contributed by atoms with Gasteiger partial charge < -0.3 is 15.4 Å². The molecule has 0 spiro atoms. The van der Waals surface area contributed by atoms with Gasteiger partial charge in [0.1, 0.15) is 0 Å². The Kier molecular flexibility index (Phi) is 4.04. The molecule has 2 rings (SSSR count). The lowest BCUT2D eigenvalue weighted by Crippen LogP contribution is -2.52. The molecule has 0 bridgehead atoms. The van der Waals surface area contributed by atoms with Gasteiger partial charge >= 0.3 is 0 Å². The van der Waals surface area contributed by atoms with Crippen LogP contribution in [0.15, 0.2) is 18.2 Å². The third kappa shape index (κ3) is 3.23. The number of amides is 1. The zero-order valence-electron chi connectivity index (χ0n) is 11.3. The number of rotatable bonds is 3. The standard InChI is InChI=1S/C14H19FN2O2/c1-14(5-7-16-8-6-14)17-13(18)10-3-4-11(15)12(9-10)19-2/h3-4,9,16H,5-8H2,1-2H3,(H,17,18). The lowest BCUT2D eigenvalue weighted by molar-refractivity contribution is 0.0887. The first-order chi connectivity index (χ1) is 9.04. The maximum absolute atomic E-state index is 13.3. The largest absolute Gasteiger partial charge is 0.494 e. The zero-order chi connectivity index (χ0) is 13.9. The molecule has 2 N–H and O–H groups in total. The van der Waals surface area contributed by atoms with Crippen molar-refractivity contribution in [2.24, 2.45) is 0 Å². The summed E-state index contributed by atoms with van der Waals surface area (Å²) in [5, 5.41) is 6.28. The molecule has 0 radical (unpaired) electrons. The van der Waals surface area contributed by atoms with Crippen molar-refractivity contribution in [1.82, 2.24) is 10.6 Å². The molecule has 1 aliphatic heterocycles. The molecule has 0 aromatic heterocycles. The maximum atomic E-state index is 13.3. The summed E-state index contributed by atoms with van der Waals surface area (Å²) in [6.45, 7) is 3.82. The number of nitrogens with one attached hydrogen (secondary N) is 2. The van der Waals surface area contributed by atoms with Gasteiger partial charge in [0.05, 0.1) is 7.11 Å². The van der Waals surface area contributed by atoms with E-state index in [4.69, 9.17) is 4.74 Å². The number of methoxy groups -OCH3 is 1. The zero-order valence-corrected chi connectivity index (χ0v) is 11.3. The number of carbonyl (C=O) groups excluding carboxylic acids is 1. The van der Waals surface area contributed by atoms with E-state index in [1.807, 2.05) is 6.92 Å². The Bertz CT molecular complexity index is 471. The molecule has 1 aliphatic rings. The molecule has 1 heterocycles. The summed E-state index contributed by atoms with van der Waals surface area (Å²) in [5.41, 5.74) is 0.210. The average molecular weight is 266 g/mol. The van der Waals surface area contributed by atoms with E-state index < -0.39 is 5.82 Å². The molecule has 1 saturated heterocycles. The van der Waals surface area contributed by atoms with Gasteiger partial charge in [-0.05, 0) is 51.1 Å². The van der Waals surface area contributed by atoms with Crippen LogP contribution in [0.2, 0.25) is 0 Å². The van der Waals surface area contributed by atoms with E-state index in [2.05, 4.69) is 10.6 Å². The summed E-state index contributed by atoms with van der Waals surface area (Å²) in [7, 11) is 1.38. The lowest BCUT2D eigenvalue weighted by Gasteiger charge is -2.35. The van der Waals surface area contributed by atoms with Crippen molar-refractivity contribution in [2.75, 3.05) is 20.2 Å². The fourth-order valence-corrected chi connectivity index (χ4v) is 2.25. The van der Waals surface area contributed by atoms with Crippen LogP contribution >= 0.6 is 0 Å². The minimum absolute atomic E-state index is 0.0862. The van der Waals surface area contributed by atoms with Gasteiger partial charge in [-0.25, -0.2) is 4.39 Å². The van der Waals surface area contributed by atoms with E-state index in [1.165, 1.54) is 25.3 Å². The van der Waals surface area contributed by atoms with Crippen LogP contribution in [0.1, 0.15) is 30.1 Å². The molecule has 4 nitrogen and oxygen atoms in total. The number of benzene rings is 1. The molecule has 0 saturated carbocycles. The van der Waals surface area contributed by atoms with E-state index in [-0.39, 0.29) is 17.2 Å². The van der Waals surface area contributed by atoms with Gasteiger partial charge in [-0.3, -0.25) is 4.79 Å². The topological polar surface area (TPSA) is 50.4 Å². The molecule has 5 heteroatoms. The Hall–Kier alpha value is -1.62. The Morgan fingerprint density at radius 3 is 2.74 bits per heavy atom. The van der Waals surface area contributed by atoms with Crippen LogP contribution in [-0.2, 0) is 0 Å². The number of hydrogen-bond donors (Lipinski definition) is 2. The molecule has 104 valence electrons. The third-order valence-corrected chi connectivity index (χ3v) is 3.54. The molecule has 1 aromatic carbocycles. The summed E-state index contributed by atoms with van der Waals surface area (Å²) < 4.78 is 18.2. The van der Waals surface area contributed by atoms with Crippen LogP contribution in [0.4, 0.5) is 4.39 Å². The van der Waals surface area contributed by atoms with Crippen LogP contribution in [0.25, 0.3) is 0 Å². The Morgan fingerprint density at radius 1 is 1.42 bits per heavy atom. The molecule has 1 amide bonds. The summed E-state index contributed by atoms with van der Waals surface area (Å²) in [6.07, 6.45) is 1.77. The number of hydrogen-bond acceptors (Lipinski definition) is 3. The number of halogens is 1. The van der Waals surface area contributed by atoms with Gasteiger partial charge in [0.2, 0.25) is 0 Å². The lowest BCUT2D eigenvalue weighted by atomic mass is 9.90. The van der Waals surface area contributed by atoms with Crippen LogP contribution in [0.5, 0.6) is 5.75 Å². The highest BCUT2D eigenvalue weighted by Gasteiger charge is 2.28. The molecule has 1 fully saturated rings. The fourth-order valence-electron chi connectivity index (χ4n) is 2.25. The summed E-state index contributed by atoms with van der Waals surface area (Å²) in [6, 6.07) is 4.14. The number of ether oxygens (including phenoxy) is 1. The fraction of sp³-hybridized carbons (Fsp3) is 0.500. The highest BCUT2D eigenvalue weighted by molar-refractivity contribution is 5.95. The second kappa shape index (κ2) is 5.57. The second-order valence-electron chi connectivity index (χ2n) is 5.11. The molecule has 1 aromatic rings. The molecule has 19 heavy (non-hydrogen) atoms. The van der Waals surface area contributed by atoms with Crippen molar-refractivity contribution < 1.29 is 13.9 Å².